The van der Waals surface area contributed by atoms with Gasteiger partial charge in [0, 0.05) is 18.4 Å². The molecular weight excluding hydrogens is 194 g/mol. The lowest BCUT2D eigenvalue weighted by molar-refractivity contribution is 0.0696. The van der Waals surface area contributed by atoms with Crippen LogP contribution in [0.4, 0.5) is 5.95 Å². The first-order chi connectivity index (χ1) is 7.25. The molecule has 1 aliphatic carbocycles. The Morgan fingerprint density at radius 2 is 1.93 bits per heavy atom. The molecule has 1 aromatic heterocycles. The minimum absolute atomic E-state index is 0.102. The van der Waals surface area contributed by atoms with Crippen LogP contribution in [0.15, 0.2) is 24.5 Å². The molecule has 0 aliphatic heterocycles. The van der Waals surface area contributed by atoms with Crippen LogP contribution in [0.3, 0.4) is 0 Å². The minimum atomic E-state index is -1.01. The van der Waals surface area contributed by atoms with E-state index in [-0.39, 0.29) is 5.56 Å². The normalized spacial score (nSPS) is 15.5. The third-order valence-corrected chi connectivity index (χ3v) is 2.24. The van der Waals surface area contributed by atoms with Gasteiger partial charge in [0.25, 0.3) is 0 Å². The Morgan fingerprint density at radius 3 is 2.47 bits per heavy atom. The zero-order valence-corrected chi connectivity index (χ0v) is 8.05. The molecule has 5 heteroatoms. The number of hydrogen-bond acceptors (Lipinski definition) is 4. The van der Waals surface area contributed by atoms with Crippen LogP contribution in [0.2, 0.25) is 0 Å². The largest absolute Gasteiger partial charge is 0.478 e. The maximum atomic E-state index is 10.5. The number of carboxylic acid groups (broad SMARTS) is 1. The molecular formula is C10H11N3O2. The third-order valence-electron chi connectivity index (χ3n) is 2.24. The van der Waals surface area contributed by atoms with Crippen LogP contribution < -0.4 is 5.32 Å². The Bertz CT molecular complexity index is 378. The number of anilines is 1. The topological polar surface area (TPSA) is 75.1 Å². The van der Waals surface area contributed by atoms with E-state index in [2.05, 4.69) is 27.4 Å². The Hall–Kier alpha value is -1.91. The summed E-state index contributed by atoms with van der Waals surface area (Å²) in [4.78, 5) is 18.4. The molecule has 0 fully saturated rings. The van der Waals surface area contributed by atoms with Gasteiger partial charge in [-0.3, -0.25) is 0 Å². The van der Waals surface area contributed by atoms with Crippen LogP contribution in [0.25, 0.3) is 0 Å². The van der Waals surface area contributed by atoms with Gasteiger partial charge >= 0.3 is 5.97 Å². The maximum absolute atomic E-state index is 10.5. The summed E-state index contributed by atoms with van der Waals surface area (Å²) in [5.74, 6) is -0.530. The summed E-state index contributed by atoms with van der Waals surface area (Å²) >= 11 is 0. The molecule has 0 bridgehead atoms. The molecule has 78 valence electrons. The molecule has 0 amide bonds. The number of aromatic carboxylic acids is 1. The fourth-order valence-corrected chi connectivity index (χ4v) is 1.43. The van der Waals surface area contributed by atoms with Crippen molar-refractivity contribution in [3.05, 3.63) is 30.1 Å². The predicted molar refractivity (Wildman–Crippen MR) is 54.8 cm³/mol. The van der Waals surface area contributed by atoms with Crippen LogP contribution >= 0.6 is 0 Å². The Labute approximate surface area is 86.9 Å². The molecule has 0 saturated carbocycles. The van der Waals surface area contributed by atoms with E-state index in [1.54, 1.807) is 0 Å². The van der Waals surface area contributed by atoms with Crippen molar-refractivity contribution >= 4 is 11.9 Å². The molecule has 5 nitrogen and oxygen atoms in total. The summed E-state index contributed by atoms with van der Waals surface area (Å²) < 4.78 is 0. The van der Waals surface area contributed by atoms with E-state index in [1.807, 2.05) is 0 Å². The molecule has 0 atom stereocenters. The molecule has 1 aliphatic rings. The summed E-state index contributed by atoms with van der Waals surface area (Å²) in [6.45, 7) is 0. The highest BCUT2D eigenvalue weighted by Gasteiger charge is 2.11. The fourth-order valence-electron chi connectivity index (χ4n) is 1.43. The maximum Gasteiger partial charge on any atom is 0.338 e. The molecule has 0 saturated heterocycles. The number of nitrogens with one attached hydrogen (secondary N) is 1. The number of nitrogens with zero attached hydrogens (tertiary/aromatic N) is 2. The first-order valence-corrected chi connectivity index (χ1v) is 4.72. The van der Waals surface area contributed by atoms with Crippen LogP contribution in [0.5, 0.6) is 0 Å². The van der Waals surface area contributed by atoms with Gasteiger partial charge in [0.15, 0.2) is 0 Å². The molecule has 0 unspecified atom stereocenters. The van der Waals surface area contributed by atoms with Crippen LogP contribution in [-0.4, -0.2) is 27.1 Å². The number of carbonyl (C=O) groups is 1. The number of hydrogen-bond donors (Lipinski definition) is 2. The number of carboxylic acids is 1. The highest BCUT2D eigenvalue weighted by Crippen LogP contribution is 2.13. The fraction of sp³-hybridized carbons (Fsp3) is 0.300. The highest BCUT2D eigenvalue weighted by molar-refractivity contribution is 5.86. The average molecular weight is 205 g/mol. The third kappa shape index (κ3) is 2.31. The van der Waals surface area contributed by atoms with E-state index in [1.165, 1.54) is 12.4 Å². The van der Waals surface area contributed by atoms with E-state index in [9.17, 15) is 4.79 Å². The van der Waals surface area contributed by atoms with E-state index in [0.717, 1.165) is 12.8 Å². The summed E-state index contributed by atoms with van der Waals surface area (Å²) in [6, 6.07) is 0.334. The van der Waals surface area contributed by atoms with Gasteiger partial charge in [-0.15, -0.1) is 0 Å². The van der Waals surface area contributed by atoms with Gasteiger partial charge < -0.3 is 10.4 Å². The SMILES string of the molecule is O=C(O)c1cnc(NC2CC=CC2)nc1. The molecule has 1 heterocycles. The van der Waals surface area contributed by atoms with Gasteiger partial charge in [0.2, 0.25) is 5.95 Å². The predicted octanol–water partition coefficient (Wildman–Crippen LogP) is 1.31. The minimum Gasteiger partial charge on any atom is -0.478 e. The van der Waals surface area contributed by atoms with Gasteiger partial charge in [0.05, 0.1) is 5.56 Å². The van der Waals surface area contributed by atoms with E-state index in [4.69, 9.17) is 5.11 Å². The van der Waals surface area contributed by atoms with E-state index >= 15 is 0 Å². The quantitative estimate of drug-likeness (QED) is 0.727. The second-order valence-corrected chi connectivity index (χ2v) is 3.38. The summed E-state index contributed by atoms with van der Waals surface area (Å²) in [5.41, 5.74) is 0.102. The molecule has 0 aromatic carbocycles. The second-order valence-electron chi connectivity index (χ2n) is 3.38. The highest BCUT2D eigenvalue weighted by atomic mass is 16.4. The van der Waals surface area contributed by atoms with Crippen LogP contribution in [-0.2, 0) is 0 Å². The van der Waals surface area contributed by atoms with Gasteiger partial charge in [-0.2, -0.15) is 0 Å². The average Bonchev–Trinajstić information content (AvgIpc) is 2.71. The first-order valence-electron chi connectivity index (χ1n) is 4.72. The second kappa shape index (κ2) is 4.08. The Kier molecular flexibility index (Phi) is 2.62. The first kappa shape index (κ1) is 9.64. The molecule has 1 aromatic rings. The zero-order chi connectivity index (χ0) is 10.7. The summed E-state index contributed by atoms with van der Waals surface area (Å²) in [5, 5.41) is 11.8. The van der Waals surface area contributed by atoms with Gasteiger partial charge in [0.1, 0.15) is 0 Å². The lowest BCUT2D eigenvalue weighted by Gasteiger charge is -2.10. The number of rotatable bonds is 3. The molecule has 2 N–H and O–H groups in total. The van der Waals surface area contributed by atoms with Crippen molar-refractivity contribution in [3.8, 4) is 0 Å². The van der Waals surface area contributed by atoms with E-state index in [0.29, 0.717) is 12.0 Å². The van der Waals surface area contributed by atoms with Crippen molar-refractivity contribution in [1.29, 1.82) is 0 Å². The van der Waals surface area contributed by atoms with Crippen molar-refractivity contribution < 1.29 is 9.90 Å². The van der Waals surface area contributed by atoms with Crippen LogP contribution in [0, 0.1) is 0 Å². The lowest BCUT2D eigenvalue weighted by Crippen LogP contribution is -2.17. The zero-order valence-electron chi connectivity index (χ0n) is 8.05. The van der Waals surface area contributed by atoms with Crippen LogP contribution in [0.1, 0.15) is 23.2 Å². The standard InChI is InChI=1S/C10H11N3O2/c14-9(15)7-5-11-10(12-6-7)13-8-3-1-2-4-8/h1-2,5-6,8H,3-4H2,(H,14,15)(H,11,12,13). The molecule has 0 radical (unpaired) electrons. The van der Waals surface area contributed by atoms with Crippen molar-refractivity contribution in [1.82, 2.24) is 9.97 Å². The lowest BCUT2D eigenvalue weighted by atomic mass is 10.2. The Morgan fingerprint density at radius 1 is 1.33 bits per heavy atom. The van der Waals surface area contributed by atoms with Crippen molar-refractivity contribution in [2.45, 2.75) is 18.9 Å². The van der Waals surface area contributed by atoms with Gasteiger partial charge in [-0.25, -0.2) is 14.8 Å². The van der Waals surface area contributed by atoms with E-state index < -0.39 is 5.97 Å². The van der Waals surface area contributed by atoms with Gasteiger partial charge in [-0.1, -0.05) is 12.2 Å². The number of aromatic nitrogens is 2. The van der Waals surface area contributed by atoms with Gasteiger partial charge in [-0.05, 0) is 12.8 Å². The van der Waals surface area contributed by atoms with Crippen molar-refractivity contribution in [2.75, 3.05) is 5.32 Å². The summed E-state index contributed by atoms with van der Waals surface area (Å²) in [7, 11) is 0. The Balaban J connectivity index is 2.00. The summed E-state index contributed by atoms with van der Waals surface area (Å²) in [6.07, 6.45) is 8.74. The molecule has 15 heavy (non-hydrogen) atoms. The monoisotopic (exact) mass is 205 g/mol. The smallest absolute Gasteiger partial charge is 0.338 e. The van der Waals surface area contributed by atoms with Crippen molar-refractivity contribution in [3.63, 3.8) is 0 Å². The van der Waals surface area contributed by atoms with Crippen molar-refractivity contribution in [2.24, 2.45) is 0 Å². The molecule has 2 rings (SSSR count). The molecule has 0 spiro atoms.